The number of ether oxygens (including phenoxy) is 2. The van der Waals surface area contributed by atoms with Gasteiger partial charge in [0.15, 0.2) is 12.7 Å². The van der Waals surface area contributed by atoms with E-state index in [1.807, 2.05) is 26.0 Å². The normalized spacial score (nSPS) is 11.5. The number of esters is 1. The molecule has 0 spiro atoms. The molecule has 0 saturated carbocycles. The van der Waals surface area contributed by atoms with Crippen molar-refractivity contribution in [3.8, 4) is 5.75 Å². The Hall–Kier alpha value is -2.89. The average Bonchev–Trinajstić information content (AvgIpc) is 2.56. The van der Waals surface area contributed by atoms with E-state index in [1.54, 1.807) is 12.1 Å². The highest BCUT2D eigenvalue weighted by Gasteiger charge is 2.18. The Labute approximate surface area is 145 Å². The van der Waals surface area contributed by atoms with E-state index in [-0.39, 0.29) is 6.61 Å². The molecule has 0 heterocycles. The molecular formula is C19H20FNO4. The van der Waals surface area contributed by atoms with Crippen molar-refractivity contribution in [3.63, 3.8) is 0 Å². The SMILES string of the molecule is Cc1cccc(OCC(=O)O[C@H](C)C(=O)Nc2cccc(F)c2)c1C. The molecule has 1 amide bonds. The van der Waals surface area contributed by atoms with E-state index in [4.69, 9.17) is 9.47 Å². The van der Waals surface area contributed by atoms with E-state index < -0.39 is 23.8 Å². The van der Waals surface area contributed by atoms with Crippen LogP contribution in [0.3, 0.4) is 0 Å². The lowest BCUT2D eigenvalue weighted by atomic mass is 10.1. The van der Waals surface area contributed by atoms with Crippen LogP contribution in [0.15, 0.2) is 42.5 Å². The van der Waals surface area contributed by atoms with E-state index in [9.17, 15) is 14.0 Å². The van der Waals surface area contributed by atoms with Crippen LogP contribution < -0.4 is 10.1 Å². The second-order valence-electron chi connectivity index (χ2n) is 5.62. The van der Waals surface area contributed by atoms with E-state index in [2.05, 4.69) is 5.32 Å². The second kappa shape index (κ2) is 8.28. The molecule has 0 saturated heterocycles. The Bertz CT molecular complexity index is 776. The summed E-state index contributed by atoms with van der Waals surface area (Å²) in [7, 11) is 0. The van der Waals surface area contributed by atoms with Crippen molar-refractivity contribution in [1.29, 1.82) is 0 Å². The lowest BCUT2D eigenvalue weighted by molar-refractivity contribution is -0.155. The standard InChI is InChI=1S/C19H20FNO4/c1-12-6-4-9-17(13(12)2)24-11-18(22)25-14(3)19(23)21-16-8-5-7-15(20)10-16/h4-10,14H,11H2,1-3H3,(H,21,23)/t14-/m1/s1. The number of carbonyl (C=O) groups excluding carboxylic acids is 2. The maximum atomic E-state index is 13.1. The van der Waals surface area contributed by atoms with Gasteiger partial charge in [-0.2, -0.15) is 0 Å². The molecule has 0 aromatic heterocycles. The summed E-state index contributed by atoms with van der Waals surface area (Å²) in [5.74, 6) is -1.09. The molecular weight excluding hydrogens is 325 g/mol. The third-order valence-electron chi connectivity index (χ3n) is 3.67. The third kappa shape index (κ3) is 5.31. The number of amides is 1. The van der Waals surface area contributed by atoms with Crippen molar-refractivity contribution in [1.82, 2.24) is 0 Å². The Morgan fingerprint density at radius 3 is 2.60 bits per heavy atom. The van der Waals surface area contributed by atoms with E-state index in [1.165, 1.54) is 25.1 Å². The molecule has 0 bridgehead atoms. The smallest absolute Gasteiger partial charge is 0.344 e. The predicted molar refractivity (Wildman–Crippen MR) is 92.0 cm³/mol. The van der Waals surface area contributed by atoms with Crippen molar-refractivity contribution in [3.05, 3.63) is 59.4 Å². The molecule has 1 N–H and O–H groups in total. The van der Waals surface area contributed by atoms with Crippen LogP contribution in [0, 0.1) is 19.7 Å². The zero-order valence-corrected chi connectivity index (χ0v) is 14.3. The highest BCUT2D eigenvalue weighted by atomic mass is 19.1. The summed E-state index contributed by atoms with van der Waals surface area (Å²) in [5, 5.41) is 2.48. The van der Waals surface area contributed by atoms with Gasteiger partial charge in [0, 0.05) is 5.69 Å². The molecule has 0 radical (unpaired) electrons. The van der Waals surface area contributed by atoms with Crippen LogP contribution in [0.2, 0.25) is 0 Å². The summed E-state index contributed by atoms with van der Waals surface area (Å²) >= 11 is 0. The zero-order valence-electron chi connectivity index (χ0n) is 14.3. The van der Waals surface area contributed by atoms with E-state index >= 15 is 0 Å². The van der Waals surface area contributed by atoms with Gasteiger partial charge in [-0.3, -0.25) is 4.79 Å². The molecule has 0 fully saturated rings. The summed E-state index contributed by atoms with van der Waals surface area (Å²) in [6.45, 7) is 4.97. The van der Waals surface area contributed by atoms with Gasteiger partial charge in [-0.25, -0.2) is 9.18 Å². The van der Waals surface area contributed by atoms with Crippen LogP contribution in [0.4, 0.5) is 10.1 Å². The van der Waals surface area contributed by atoms with Gasteiger partial charge in [-0.05, 0) is 56.2 Å². The van der Waals surface area contributed by atoms with Crippen molar-refractivity contribution >= 4 is 17.6 Å². The first kappa shape index (κ1) is 18.4. The molecule has 6 heteroatoms. The maximum absolute atomic E-state index is 13.1. The van der Waals surface area contributed by atoms with Crippen LogP contribution >= 0.6 is 0 Å². The fourth-order valence-corrected chi connectivity index (χ4v) is 2.11. The Kier molecular flexibility index (Phi) is 6.11. The lowest BCUT2D eigenvalue weighted by Crippen LogP contribution is -2.31. The monoisotopic (exact) mass is 345 g/mol. The molecule has 0 aliphatic heterocycles. The van der Waals surface area contributed by atoms with Crippen LogP contribution in [0.5, 0.6) is 5.75 Å². The summed E-state index contributed by atoms with van der Waals surface area (Å²) in [6.07, 6.45) is -1.03. The Balaban J connectivity index is 1.85. The highest BCUT2D eigenvalue weighted by molar-refractivity contribution is 5.95. The molecule has 0 unspecified atom stereocenters. The largest absolute Gasteiger partial charge is 0.482 e. The number of nitrogens with one attached hydrogen (secondary N) is 1. The summed E-state index contributed by atoms with van der Waals surface area (Å²) in [5.41, 5.74) is 2.28. The average molecular weight is 345 g/mol. The van der Waals surface area contributed by atoms with Gasteiger partial charge < -0.3 is 14.8 Å². The van der Waals surface area contributed by atoms with Gasteiger partial charge in [0.2, 0.25) is 0 Å². The van der Waals surface area contributed by atoms with E-state index in [0.717, 1.165) is 11.1 Å². The van der Waals surface area contributed by atoms with Gasteiger partial charge in [0.1, 0.15) is 11.6 Å². The molecule has 2 rings (SSSR count). The topological polar surface area (TPSA) is 64.6 Å². The summed E-state index contributed by atoms with van der Waals surface area (Å²) < 4.78 is 23.6. The predicted octanol–water partition coefficient (Wildman–Crippen LogP) is 3.39. The van der Waals surface area contributed by atoms with Crippen LogP contribution in [0.1, 0.15) is 18.1 Å². The van der Waals surface area contributed by atoms with Crippen molar-refractivity contribution in [2.24, 2.45) is 0 Å². The number of halogens is 1. The van der Waals surface area contributed by atoms with Crippen molar-refractivity contribution in [2.75, 3.05) is 11.9 Å². The minimum Gasteiger partial charge on any atom is -0.482 e. The molecule has 0 aliphatic rings. The summed E-state index contributed by atoms with van der Waals surface area (Å²) in [6, 6.07) is 11.0. The maximum Gasteiger partial charge on any atom is 0.344 e. The highest BCUT2D eigenvalue weighted by Crippen LogP contribution is 2.20. The second-order valence-corrected chi connectivity index (χ2v) is 5.62. The van der Waals surface area contributed by atoms with E-state index in [0.29, 0.717) is 11.4 Å². The molecule has 1 atom stereocenters. The fourth-order valence-electron chi connectivity index (χ4n) is 2.11. The van der Waals surface area contributed by atoms with Gasteiger partial charge >= 0.3 is 5.97 Å². The fraction of sp³-hybridized carbons (Fsp3) is 0.263. The van der Waals surface area contributed by atoms with Crippen LogP contribution in [-0.2, 0) is 14.3 Å². The van der Waals surface area contributed by atoms with Gasteiger partial charge in [0.25, 0.3) is 5.91 Å². The first-order chi connectivity index (χ1) is 11.9. The molecule has 2 aromatic rings. The number of hydrogen-bond donors (Lipinski definition) is 1. The van der Waals surface area contributed by atoms with Crippen LogP contribution in [0.25, 0.3) is 0 Å². The molecule has 132 valence electrons. The zero-order chi connectivity index (χ0) is 18.4. The molecule has 5 nitrogen and oxygen atoms in total. The van der Waals surface area contributed by atoms with Crippen molar-refractivity contribution in [2.45, 2.75) is 26.9 Å². The van der Waals surface area contributed by atoms with Crippen molar-refractivity contribution < 1.29 is 23.5 Å². The Morgan fingerprint density at radius 2 is 1.88 bits per heavy atom. The minimum absolute atomic E-state index is 0.291. The van der Waals surface area contributed by atoms with Gasteiger partial charge in [-0.1, -0.05) is 18.2 Å². The number of rotatable bonds is 6. The molecule has 25 heavy (non-hydrogen) atoms. The molecule has 0 aliphatic carbocycles. The van der Waals surface area contributed by atoms with Gasteiger partial charge in [-0.15, -0.1) is 0 Å². The number of anilines is 1. The van der Waals surface area contributed by atoms with Gasteiger partial charge in [0.05, 0.1) is 0 Å². The number of carbonyl (C=O) groups is 2. The quantitative estimate of drug-likeness (QED) is 0.815. The first-order valence-electron chi connectivity index (χ1n) is 7.81. The number of hydrogen-bond acceptors (Lipinski definition) is 4. The van der Waals surface area contributed by atoms with Crippen LogP contribution in [-0.4, -0.2) is 24.6 Å². The number of benzene rings is 2. The number of aryl methyl sites for hydroxylation is 1. The minimum atomic E-state index is -1.03. The Morgan fingerprint density at radius 1 is 1.16 bits per heavy atom. The summed E-state index contributed by atoms with van der Waals surface area (Å²) in [4.78, 5) is 23.8. The molecule has 2 aromatic carbocycles. The lowest BCUT2D eigenvalue weighted by Gasteiger charge is -2.15. The third-order valence-corrected chi connectivity index (χ3v) is 3.67. The first-order valence-corrected chi connectivity index (χ1v) is 7.81.